The quantitative estimate of drug-likeness (QED) is 0.706. The number of nitrogens with zero attached hydrogens (tertiary/aromatic N) is 2. The summed E-state index contributed by atoms with van der Waals surface area (Å²) in [6, 6.07) is 1.84. The summed E-state index contributed by atoms with van der Waals surface area (Å²) < 4.78 is 6.76. The third kappa shape index (κ3) is 4.44. The number of rotatable bonds is 7. The SMILES string of the molecule is CCCNC(=O)CNCc1cc(OC)n(C)n1. The average Bonchev–Trinajstić information content (AvgIpc) is 2.67. The summed E-state index contributed by atoms with van der Waals surface area (Å²) in [6.45, 7) is 3.60. The van der Waals surface area contributed by atoms with Crippen molar-refractivity contribution in [2.75, 3.05) is 20.2 Å². The molecule has 0 unspecified atom stereocenters. The van der Waals surface area contributed by atoms with E-state index in [1.54, 1.807) is 11.8 Å². The molecule has 0 saturated heterocycles. The van der Waals surface area contributed by atoms with Gasteiger partial charge in [0.15, 0.2) is 0 Å². The molecule has 2 N–H and O–H groups in total. The smallest absolute Gasteiger partial charge is 0.233 e. The number of nitrogens with one attached hydrogen (secondary N) is 2. The molecule has 0 radical (unpaired) electrons. The van der Waals surface area contributed by atoms with Crippen LogP contribution in [0.1, 0.15) is 19.0 Å². The zero-order valence-electron chi connectivity index (χ0n) is 10.6. The van der Waals surface area contributed by atoms with Crippen molar-refractivity contribution in [3.05, 3.63) is 11.8 Å². The van der Waals surface area contributed by atoms with Crippen LogP contribution in [0.25, 0.3) is 0 Å². The molecule has 0 aliphatic heterocycles. The third-order valence-corrected chi connectivity index (χ3v) is 2.26. The highest BCUT2D eigenvalue weighted by molar-refractivity contribution is 5.77. The maximum atomic E-state index is 11.3. The lowest BCUT2D eigenvalue weighted by Crippen LogP contribution is -2.34. The van der Waals surface area contributed by atoms with Gasteiger partial charge < -0.3 is 15.4 Å². The second-order valence-electron chi connectivity index (χ2n) is 3.76. The number of hydrogen-bond acceptors (Lipinski definition) is 4. The van der Waals surface area contributed by atoms with Crippen LogP contribution in [0.3, 0.4) is 0 Å². The van der Waals surface area contributed by atoms with E-state index >= 15 is 0 Å². The second kappa shape index (κ2) is 6.90. The summed E-state index contributed by atoms with van der Waals surface area (Å²) in [4.78, 5) is 11.3. The lowest BCUT2D eigenvalue weighted by atomic mass is 10.4. The van der Waals surface area contributed by atoms with Gasteiger partial charge in [0.05, 0.1) is 19.3 Å². The van der Waals surface area contributed by atoms with Crippen LogP contribution in [0.2, 0.25) is 0 Å². The van der Waals surface area contributed by atoms with E-state index in [1.165, 1.54) is 0 Å². The first kappa shape index (κ1) is 13.5. The molecule has 0 aliphatic rings. The van der Waals surface area contributed by atoms with Gasteiger partial charge in [-0.25, -0.2) is 4.68 Å². The molecule has 0 aromatic carbocycles. The number of methoxy groups -OCH3 is 1. The van der Waals surface area contributed by atoms with Crippen LogP contribution in [0.15, 0.2) is 6.07 Å². The number of carbonyl (C=O) groups is 1. The number of aromatic nitrogens is 2. The average molecular weight is 240 g/mol. The van der Waals surface area contributed by atoms with E-state index in [0.29, 0.717) is 19.0 Å². The first-order valence-electron chi connectivity index (χ1n) is 5.71. The van der Waals surface area contributed by atoms with Crippen molar-refractivity contribution >= 4 is 5.91 Å². The van der Waals surface area contributed by atoms with Crippen LogP contribution in [0, 0.1) is 0 Å². The Hall–Kier alpha value is -1.56. The van der Waals surface area contributed by atoms with Gasteiger partial charge in [-0.2, -0.15) is 5.10 Å². The predicted octanol–water partition coefficient (Wildman–Crippen LogP) is 0.0445. The van der Waals surface area contributed by atoms with Crippen LogP contribution in [-0.4, -0.2) is 35.9 Å². The fourth-order valence-electron chi connectivity index (χ4n) is 1.42. The van der Waals surface area contributed by atoms with Gasteiger partial charge in [-0.1, -0.05) is 6.92 Å². The topological polar surface area (TPSA) is 68.2 Å². The van der Waals surface area contributed by atoms with Crippen LogP contribution in [-0.2, 0) is 18.4 Å². The predicted molar refractivity (Wildman–Crippen MR) is 64.8 cm³/mol. The number of carbonyl (C=O) groups excluding carboxylic acids is 1. The van der Waals surface area contributed by atoms with Gasteiger partial charge in [0.25, 0.3) is 0 Å². The number of aryl methyl sites for hydroxylation is 1. The van der Waals surface area contributed by atoms with Gasteiger partial charge in [0.1, 0.15) is 0 Å². The highest BCUT2D eigenvalue weighted by Crippen LogP contribution is 2.10. The van der Waals surface area contributed by atoms with Crippen molar-refractivity contribution in [3.8, 4) is 5.88 Å². The summed E-state index contributed by atoms with van der Waals surface area (Å²) in [5.41, 5.74) is 0.854. The minimum absolute atomic E-state index is 0.00902. The maximum Gasteiger partial charge on any atom is 0.233 e. The maximum absolute atomic E-state index is 11.3. The molecule has 1 aromatic heterocycles. The Morgan fingerprint density at radius 3 is 2.94 bits per heavy atom. The Kier molecular flexibility index (Phi) is 5.48. The molecular weight excluding hydrogens is 220 g/mol. The third-order valence-electron chi connectivity index (χ3n) is 2.26. The molecule has 0 saturated carbocycles. The van der Waals surface area contributed by atoms with Gasteiger partial charge in [-0.15, -0.1) is 0 Å². The summed E-state index contributed by atoms with van der Waals surface area (Å²) >= 11 is 0. The molecule has 0 atom stereocenters. The van der Waals surface area contributed by atoms with Gasteiger partial charge in [0, 0.05) is 26.2 Å². The monoisotopic (exact) mass is 240 g/mol. The Balaban J connectivity index is 2.28. The largest absolute Gasteiger partial charge is 0.481 e. The lowest BCUT2D eigenvalue weighted by Gasteiger charge is -2.03. The number of ether oxygens (including phenoxy) is 1. The van der Waals surface area contributed by atoms with Crippen molar-refractivity contribution in [2.45, 2.75) is 19.9 Å². The first-order chi connectivity index (χ1) is 8.17. The van der Waals surface area contributed by atoms with Crippen molar-refractivity contribution < 1.29 is 9.53 Å². The van der Waals surface area contributed by atoms with E-state index in [2.05, 4.69) is 15.7 Å². The van der Waals surface area contributed by atoms with Crippen LogP contribution in [0.4, 0.5) is 0 Å². The molecule has 96 valence electrons. The molecule has 6 heteroatoms. The minimum Gasteiger partial charge on any atom is -0.481 e. The lowest BCUT2D eigenvalue weighted by molar-refractivity contribution is -0.120. The van der Waals surface area contributed by atoms with Crippen LogP contribution in [0.5, 0.6) is 5.88 Å². The molecule has 1 aromatic rings. The molecule has 0 spiro atoms. The number of hydrogen-bond donors (Lipinski definition) is 2. The molecule has 0 fully saturated rings. The van der Waals surface area contributed by atoms with Gasteiger partial charge in [0.2, 0.25) is 11.8 Å². The second-order valence-corrected chi connectivity index (χ2v) is 3.76. The fourth-order valence-corrected chi connectivity index (χ4v) is 1.42. The van der Waals surface area contributed by atoms with Crippen molar-refractivity contribution in [3.63, 3.8) is 0 Å². The summed E-state index contributed by atoms with van der Waals surface area (Å²) in [6.07, 6.45) is 0.948. The minimum atomic E-state index is 0.00902. The summed E-state index contributed by atoms with van der Waals surface area (Å²) in [5.74, 6) is 0.715. The van der Waals surface area contributed by atoms with E-state index in [-0.39, 0.29) is 5.91 Å². The van der Waals surface area contributed by atoms with Crippen LogP contribution < -0.4 is 15.4 Å². The van der Waals surface area contributed by atoms with E-state index in [0.717, 1.165) is 18.7 Å². The van der Waals surface area contributed by atoms with Crippen LogP contribution >= 0.6 is 0 Å². The zero-order valence-corrected chi connectivity index (χ0v) is 10.6. The summed E-state index contributed by atoms with van der Waals surface area (Å²) in [5, 5.41) is 10.1. The van der Waals surface area contributed by atoms with Crippen molar-refractivity contribution in [2.24, 2.45) is 7.05 Å². The molecule has 1 heterocycles. The summed E-state index contributed by atoms with van der Waals surface area (Å²) in [7, 11) is 3.42. The molecule has 17 heavy (non-hydrogen) atoms. The zero-order chi connectivity index (χ0) is 12.7. The van der Waals surface area contributed by atoms with Gasteiger partial charge in [-0.05, 0) is 6.42 Å². The van der Waals surface area contributed by atoms with Crippen molar-refractivity contribution in [1.82, 2.24) is 20.4 Å². The van der Waals surface area contributed by atoms with Crippen molar-refractivity contribution in [1.29, 1.82) is 0 Å². The normalized spacial score (nSPS) is 10.3. The first-order valence-corrected chi connectivity index (χ1v) is 5.71. The number of amides is 1. The van der Waals surface area contributed by atoms with E-state index in [4.69, 9.17) is 4.74 Å². The van der Waals surface area contributed by atoms with E-state index in [9.17, 15) is 4.79 Å². The molecular formula is C11H20N4O2. The van der Waals surface area contributed by atoms with E-state index in [1.807, 2.05) is 20.0 Å². The molecule has 6 nitrogen and oxygen atoms in total. The Labute approximate surface area is 101 Å². The Morgan fingerprint density at radius 2 is 2.35 bits per heavy atom. The molecule has 1 rings (SSSR count). The van der Waals surface area contributed by atoms with E-state index < -0.39 is 0 Å². The molecule has 0 bridgehead atoms. The van der Waals surface area contributed by atoms with Gasteiger partial charge >= 0.3 is 0 Å². The fraction of sp³-hybridized carbons (Fsp3) is 0.636. The Morgan fingerprint density at radius 1 is 1.59 bits per heavy atom. The highest BCUT2D eigenvalue weighted by Gasteiger charge is 2.05. The Bertz CT molecular complexity index is 362. The molecule has 1 amide bonds. The van der Waals surface area contributed by atoms with Gasteiger partial charge in [-0.3, -0.25) is 4.79 Å². The highest BCUT2D eigenvalue weighted by atomic mass is 16.5. The molecule has 0 aliphatic carbocycles. The standard InChI is InChI=1S/C11H20N4O2/c1-4-5-13-10(16)8-12-7-9-6-11(17-3)15(2)14-9/h6,12H,4-5,7-8H2,1-3H3,(H,13,16).